The zero-order valence-corrected chi connectivity index (χ0v) is 46.1. The molecule has 2 fully saturated rings. The molecule has 0 amide bonds. The Balaban J connectivity index is -0.000000257. The van der Waals surface area contributed by atoms with Crippen molar-refractivity contribution in [1.82, 2.24) is 20.2 Å². The maximum atomic E-state index is 12.8. The number of thiazole rings is 1. The third kappa shape index (κ3) is 30.7. The summed E-state index contributed by atoms with van der Waals surface area (Å²) in [6, 6.07) is 9.47. The number of hydrogen-bond acceptors (Lipinski definition) is 14. The van der Waals surface area contributed by atoms with Crippen molar-refractivity contribution >= 4 is 62.5 Å². The van der Waals surface area contributed by atoms with Gasteiger partial charge < -0.3 is 32.7 Å². The predicted molar refractivity (Wildman–Crippen MR) is 212 cm³/mol. The van der Waals surface area contributed by atoms with Gasteiger partial charge in [-0.1, -0.05) is 12.1 Å². The van der Waals surface area contributed by atoms with E-state index in [0.29, 0.717) is 22.8 Å². The summed E-state index contributed by atoms with van der Waals surface area (Å²) in [5.74, 6) is 2.82. The van der Waals surface area contributed by atoms with E-state index in [1.165, 1.54) is 75.5 Å². The number of methoxy groups -OCH3 is 1. The van der Waals surface area contributed by atoms with Crippen LogP contribution < -0.4 is 169 Å². The van der Waals surface area contributed by atoms with E-state index >= 15 is 0 Å². The quantitative estimate of drug-likeness (QED) is 0.0713. The molecular weight excluding hydrogens is 889 g/mol. The van der Waals surface area contributed by atoms with Crippen molar-refractivity contribution < 1.29 is 199 Å². The summed E-state index contributed by atoms with van der Waals surface area (Å²) in [6.45, 7) is 4.86. The number of ether oxygens (including phenoxy) is 1. The van der Waals surface area contributed by atoms with E-state index in [-0.39, 0.29) is 169 Å². The Hall–Kier alpha value is 1.75. The molecule has 2 aliphatic rings. The zero-order chi connectivity index (χ0) is 39.4. The number of hydrogen-bond donors (Lipinski definition) is 1. The molecule has 0 aliphatic carbocycles. The van der Waals surface area contributed by atoms with E-state index in [1.54, 1.807) is 24.3 Å². The first-order chi connectivity index (χ1) is 25.4. The molecule has 1 aromatic carbocycles. The van der Waals surface area contributed by atoms with Gasteiger partial charge in [-0.3, -0.25) is 9.78 Å². The molecule has 2 aliphatic heterocycles. The molecule has 2 aromatic heterocycles. The average Bonchev–Trinajstić information content (AvgIpc) is 3.97. The SMILES string of the molecule is C1CCNC1.COc1ccc(-c2csc(N=S(C)(=O)Cc3ccc(C(F)(F)F)nc3)n2)cc1.CSC/C=C/N1CCCC1.CSCCC=O.O=CO[O-].[H-].[H-].[K+].[K+].[K+]. The van der Waals surface area contributed by atoms with Gasteiger partial charge in [0.2, 0.25) is 5.13 Å². The van der Waals surface area contributed by atoms with Crippen molar-refractivity contribution in [3.8, 4) is 17.0 Å². The molecule has 56 heavy (non-hydrogen) atoms. The van der Waals surface area contributed by atoms with Gasteiger partial charge in [0, 0.05) is 48.7 Å². The largest absolute Gasteiger partial charge is 1.00 e. The van der Waals surface area contributed by atoms with Crippen LogP contribution in [0.2, 0.25) is 0 Å². The number of aromatic nitrogens is 2. The van der Waals surface area contributed by atoms with Crippen molar-refractivity contribution in [1.29, 1.82) is 0 Å². The van der Waals surface area contributed by atoms with Crippen LogP contribution in [0.1, 0.15) is 46.2 Å². The van der Waals surface area contributed by atoms with Crippen molar-refractivity contribution in [2.75, 3.05) is 63.6 Å². The first-order valence-corrected chi connectivity index (χ1v) is 22.3. The minimum absolute atomic E-state index is 0. The molecule has 11 nitrogen and oxygen atoms in total. The third-order valence-corrected chi connectivity index (χ3v) is 10.3. The molecule has 1 atom stereocenters. The summed E-state index contributed by atoms with van der Waals surface area (Å²) in [5, 5.41) is 13.8. The number of rotatable bonds is 12. The molecular formula is C35H51F3K3N5O6S4. The third-order valence-electron chi connectivity index (χ3n) is 6.85. The number of likely N-dealkylation sites (tertiary alicyclic amines) is 1. The van der Waals surface area contributed by atoms with Crippen LogP contribution in [0.5, 0.6) is 5.75 Å². The number of nitrogens with zero attached hydrogens (tertiary/aromatic N) is 4. The van der Waals surface area contributed by atoms with Gasteiger partial charge in [0.25, 0.3) is 6.47 Å². The predicted octanol–water partition coefficient (Wildman–Crippen LogP) is -1.90. The molecule has 1 unspecified atom stereocenters. The molecule has 3 aromatic rings. The van der Waals surface area contributed by atoms with E-state index < -0.39 is 21.6 Å². The Morgan fingerprint density at radius 2 is 1.66 bits per heavy atom. The molecule has 21 heteroatoms. The number of alkyl halides is 3. The van der Waals surface area contributed by atoms with Crippen LogP contribution in [0, 0.1) is 0 Å². The molecule has 1 N–H and O–H groups in total. The van der Waals surface area contributed by atoms with Gasteiger partial charge in [-0.05, 0) is 99.1 Å². The van der Waals surface area contributed by atoms with Gasteiger partial charge in [-0.25, -0.2) is 9.19 Å². The normalized spacial score (nSPS) is 13.7. The standard InChI is InChI=1S/C18H16F3N3O2S2.C8H15NS.C4H9N.C4H8OS.CH2O3.3K.2H/c1-26-14-6-4-13(5-7-14)15-10-27-17(23-15)24-28(2,25)11-12-3-8-16(22-9-12)18(19,20)21;1-10-8-4-7-9-5-2-3-6-9;1-2-4-5-3-1;1-6-4-2-3-5;2-1-4-3;;;;;/h3-10H,11H2,1-2H3;4,7H,2-3,5-6,8H2,1H3;5H,1-4H2;3H,2,4H2,1H3;1,3H;;;;;/q;;;;;3*+1;2*-1/p-1/b;7-4+;;;;;;;;. The van der Waals surface area contributed by atoms with Crippen LogP contribution >= 0.6 is 34.9 Å². The number of halogens is 3. The molecule has 300 valence electrons. The minimum Gasteiger partial charge on any atom is -1.00 e. The van der Waals surface area contributed by atoms with Gasteiger partial charge in [0.15, 0.2) is 0 Å². The summed E-state index contributed by atoms with van der Waals surface area (Å²) >= 11 is 4.81. The van der Waals surface area contributed by atoms with Crippen LogP contribution in [0.4, 0.5) is 18.3 Å². The molecule has 4 heterocycles. The number of carbonyl (C=O) groups is 2. The first kappa shape index (κ1) is 62.0. The summed E-state index contributed by atoms with van der Waals surface area (Å²) in [4.78, 5) is 31.0. The Kier molecular flexibility index (Phi) is 42.6. The smallest absolute Gasteiger partial charge is 1.00 e. The van der Waals surface area contributed by atoms with E-state index in [4.69, 9.17) is 14.8 Å². The Labute approximate surface area is 473 Å². The van der Waals surface area contributed by atoms with Gasteiger partial charge in [-0.15, -0.1) is 11.3 Å². The molecule has 0 saturated carbocycles. The Morgan fingerprint density at radius 1 is 1.04 bits per heavy atom. The van der Waals surface area contributed by atoms with E-state index in [1.807, 2.05) is 42.3 Å². The van der Waals surface area contributed by atoms with Gasteiger partial charge in [0.1, 0.15) is 17.7 Å². The maximum absolute atomic E-state index is 12.8. The molecule has 5 rings (SSSR count). The fraction of sp³-hybridized carbons (Fsp3) is 0.486. The van der Waals surface area contributed by atoms with Crippen molar-refractivity contribution in [3.63, 3.8) is 0 Å². The fourth-order valence-corrected chi connectivity index (χ4v) is 7.39. The second kappa shape index (κ2) is 38.4. The number of carbonyl (C=O) groups excluding carboxylic acids is 2. The van der Waals surface area contributed by atoms with Crippen LogP contribution in [-0.4, -0.2) is 95.4 Å². The summed E-state index contributed by atoms with van der Waals surface area (Å²) in [6.07, 6.45) is 13.8. The van der Waals surface area contributed by atoms with Crippen LogP contribution in [0.3, 0.4) is 0 Å². The van der Waals surface area contributed by atoms with Crippen LogP contribution in [0.25, 0.3) is 11.3 Å². The van der Waals surface area contributed by atoms with Crippen molar-refractivity contribution in [3.05, 3.63) is 71.5 Å². The molecule has 0 radical (unpaired) electrons. The number of pyridine rings is 1. The summed E-state index contributed by atoms with van der Waals surface area (Å²) in [7, 11) is -1.15. The van der Waals surface area contributed by atoms with Crippen LogP contribution in [0.15, 0.2) is 64.6 Å². The maximum Gasteiger partial charge on any atom is 1.00 e. The van der Waals surface area contributed by atoms with Crippen LogP contribution in [-0.2, 0) is 36.1 Å². The van der Waals surface area contributed by atoms with Gasteiger partial charge in [0.05, 0.1) is 28.3 Å². The fourth-order valence-electron chi connectivity index (χ4n) is 4.35. The first-order valence-electron chi connectivity index (χ1n) is 16.5. The van der Waals surface area contributed by atoms with Crippen molar-refractivity contribution in [2.24, 2.45) is 4.36 Å². The molecule has 0 spiro atoms. The summed E-state index contributed by atoms with van der Waals surface area (Å²) in [5.41, 5.74) is 0.988. The Morgan fingerprint density at radius 3 is 2.09 bits per heavy atom. The Bertz CT molecular complexity index is 1580. The number of benzene rings is 1. The van der Waals surface area contributed by atoms with E-state index in [0.717, 1.165) is 41.4 Å². The second-order valence-electron chi connectivity index (χ2n) is 11.2. The summed E-state index contributed by atoms with van der Waals surface area (Å²) < 4.78 is 59.8. The number of aldehydes is 1. The van der Waals surface area contributed by atoms with E-state index in [9.17, 15) is 22.2 Å². The number of thioether (sulfide) groups is 2. The molecule has 0 bridgehead atoms. The van der Waals surface area contributed by atoms with Gasteiger partial charge >= 0.3 is 160 Å². The number of nitrogens with one attached hydrogen (secondary N) is 1. The van der Waals surface area contributed by atoms with Gasteiger partial charge in [-0.2, -0.15) is 41.1 Å². The monoisotopic (exact) mass is 939 g/mol. The van der Waals surface area contributed by atoms with E-state index in [2.05, 4.69) is 48.0 Å². The average molecular weight is 940 g/mol. The zero-order valence-electron chi connectivity index (χ0n) is 35.4. The molecule has 2 saturated heterocycles. The van der Waals surface area contributed by atoms with Crippen molar-refractivity contribution in [2.45, 2.75) is 44.0 Å². The minimum atomic E-state index is -4.50. The topological polar surface area (TPSA) is 146 Å². The second-order valence-corrected chi connectivity index (χ2v) is 16.3.